The molecular formula is C28H37ClN4O2. The van der Waals surface area contributed by atoms with Gasteiger partial charge in [-0.3, -0.25) is 9.69 Å². The third-order valence-corrected chi connectivity index (χ3v) is 8.09. The number of carbonyl (C=O) groups excluding carboxylic acids is 1. The number of nitrogens with zero attached hydrogens (tertiary/aromatic N) is 3. The normalized spacial score (nSPS) is 22.9. The van der Waals surface area contributed by atoms with Crippen LogP contribution in [0.2, 0.25) is 5.02 Å². The van der Waals surface area contributed by atoms with Crippen LogP contribution < -0.4 is 15.0 Å². The molecule has 7 heteroatoms. The lowest BCUT2D eigenvalue weighted by molar-refractivity contribution is -0.126. The Balaban J connectivity index is 1.30. The van der Waals surface area contributed by atoms with Gasteiger partial charge in [-0.05, 0) is 61.7 Å². The Morgan fingerprint density at radius 2 is 1.83 bits per heavy atom. The zero-order valence-corrected chi connectivity index (χ0v) is 21.5. The van der Waals surface area contributed by atoms with E-state index in [2.05, 4.69) is 44.3 Å². The third kappa shape index (κ3) is 5.76. The number of ether oxygens (including phenoxy) is 1. The van der Waals surface area contributed by atoms with Crippen LogP contribution in [0.25, 0.3) is 0 Å². The van der Waals surface area contributed by atoms with Gasteiger partial charge in [-0.2, -0.15) is 0 Å². The average Bonchev–Trinajstić information content (AvgIpc) is 2.89. The quantitative estimate of drug-likeness (QED) is 0.631. The molecule has 0 aliphatic carbocycles. The number of fused-ring (bicyclic) bond motifs is 3. The van der Waals surface area contributed by atoms with E-state index in [1.165, 1.54) is 36.1 Å². The summed E-state index contributed by atoms with van der Waals surface area (Å²) in [6, 6.07) is 14.5. The Kier molecular flexibility index (Phi) is 7.81. The van der Waals surface area contributed by atoms with Crippen molar-refractivity contribution in [3.05, 3.63) is 58.6 Å². The number of rotatable bonds is 7. The first-order valence-corrected chi connectivity index (χ1v) is 13.4. The predicted molar refractivity (Wildman–Crippen MR) is 141 cm³/mol. The molecule has 5 rings (SSSR count). The lowest BCUT2D eigenvalue weighted by atomic mass is 9.83. The van der Waals surface area contributed by atoms with Crippen molar-refractivity contribution in [1.82, 2.24) is 15.1 Å². The van der Waals surface area contributed by atoms with Crippen LogP contribution >= 0.6 is 11.6 Å². The molecule has 3 aliphatic heterocycles. The Hall–Kier alpha value is -2.28. The van der Waals surface area contributed by atoms with Crippen LogP contribution in [0.5, 0.6) is 5.75 Å². The largest absolute Gasteiger partial charge is 0.497 e. The summed E-state index contributed by atoms with van der Waals surface area (Å²) in [5.41, 5.74) is 3.71. The van der Waals surface area contributed by atoms with Gasteiger partial charge < -0.3 is 19.9 Å². The van der Waals surface area contributed by atoms with Crippen molar-refractivity contribution in [3.63, 3.8) is 0 Å². The molecule has 1 N–H and O–H groups in total. The Morgan fingerprint density at radius 3 is 2.60 bits per heavy atom. The molecule has 6 nitrogen and oxygen atoms in total. The van der Waals surface area contributed by atoms with Crippen molar-refractivity contribution in [2.75, 3.05) is 57.8 Å². The summed E-state index contributed by atoms with van der Waals surface area (Å²) in [5, 5.41) is 4.05. The van der Waals surface area contributed by atoms with Crippen LogP contribution in [0.1, 0.15) is 30.4 Å². The number of amides is 1. The molecule has 0 bridgehead atoms. The highest BCUT2D eigenvalue weighted by atomic mass is 35.5. The zero-order valence-electron chi connectivity index (χ0n) is 20.7. The van der Waals surface area contributed by atoms with Gasteiger partial charge in [0.25, 0.3) is 0 Å². The van der Waals surface area contributed by atoms with Gasteiger partial charge in [-0.15, -0.1) is 0 Å². The minimum Gasteiger partial charge on any atom is -0.497 e. The first-order chi connectivity index (χ1) is 17.1. The lowest BCUT2D eigenvalue weighted by Gasteiger charge is -2.49. The van der Waals surface area contributed by atoms with Gasteiger partial charge >= 0.3 is 0 Å². The molecule has 0 spiro atoms. The smallest absolute Gasteiger partial charge is 0.225 e. The van der Waals surface area contributed by atoms with E-state index in [1.54, 1.807) is 7.11 Å². The molecule has 2 atom stereocenters. The molecule has 3 aliphatic rings. The van der Waals surface area contributed by atoms with E-state index in [-0.39, 0.29) is 17.9 Å². The van der Waals surface area contributed by atoms with Crippen LogP contribution in [0, 0.1) is 5.92 Å². The molecule has 2 aromatic carbocycles. The fourth-order valence-electron chi connectivity index (χ4n) is 5.91. The monoisotopic (exact) mass is 496 g/mol. The molecule has 188 valence electrons. The Morgan fingerprint density at radius 1 is 1.03 bits per heavy atom. The van der Waals surface area contributed by atoms with Gasteiger partial charge in [0.15, 0.2) is 0 Å². The number of carbonyl (C=O) groups is 1. The van der Waals surface area contributed by atoms with Crippen molar-refractivity contribution < 1.29 is 9.53 Å². The predicted octanol–water partition coefficient (Wildman–Crippen LogP) is 3.81. The fraction of sp³-hybridized carbons (Fsp3) is 0.536. The highest BCUT2D eigenvalue weighted by molar-refractivity contribution is 6.30. The molecule has 1 amide bonds. The molecule has 2 saturated heterocycles. The van der Waals surface area contributed by atoms with Crippen molar-refractivity contribution in [2.45, 2.75) is 38.3 Å². The van der Waals surface area contributed by atoms with Gasteiger partial charge in [0.05, 0.1) is 19.1 Å². The van der Waals surface area contributed by atoms with Crippen LogP contribution in [0.15, 0.2) is 42.5 Å². The second-order valence-corrected chi connectivity index (χ2v) is 10.6. The topological polar surface area (TPSA) is 48.1 Å². The molecule has 3 heterocycles. The van der Waals surface area contributed by atoms with Crippen molar-refractivity contribution in [2.24, 2.45) is 5.92 Å². The number of piperazine rings is 1. The minimum absolute atomic E-state index is 0.0646. The van der Waals surface area contributed by atoms with Gasteiger partial charge in [-0.25, -0.2) is 0 Å². The minimum atomic E-state index is -0.0646. The molecule has 2 unspecified atom stereocenters. The van der Waals surface area contributed by atoms with E-state index < -0.39 is 0 Å². The van der Waals surface area contributed by atoms with Gasteiger partial charge in [0.2, 0.25) is 5.91 Å². The Bertz CT molecular complexity index is 1010. The number of methoxy groups -OCH3 is 1. The molecule has 0 saturated carbocycles. The van der Waals surface area contributed by atoms with Crippen LogP contribution in [-0.4, -0.2) is 74.7 Å². The molecule has 0 radical (unpaired) electrons. The van der Waals surface area contributed by atoms with Gasteiger partial charge in [0.1, 0.15) is 5.75 Å². The average molecular weight is 497 g/mol. The van der Waals surface area contributed by atoms with Crippen molar-refractivity contribution in [3.8, 4) is 5.75 Å². The molecule has 35 heavy (non-hydrogen) atoms. The van der Waals surface area contributed by atoms with Crippen LogP contribution in [0.4, 0.5) is 5.69 Å². The summed E-state index contributed by atoms with van der Waals surface area (Å²) in [5.74, 6) is 0.993. The fourth-order valence-corrected chi connectivity index (χ4v) is 6.03. The van der Waals surface area contributed by atoms with Crippen molar-refractivity contribution in [1.29, 1.82) is 0 Å². The third-order valence-electron chi connectivity index (χ3n) is 7.84. The van der Waals surface area contributed by atoms with Crippen molar-refractivity contribution >= 4 is 23.2 Å². The number of anilines is 1. The summed E-state index contributed by atoms with van der Waals surface area (Å²) in [7, 11) is 1.71. The number of nitrogens with one attached hydrogen (secondary N) is 1. The second-order valence-electron chi connectivity index (χ2n) is 10.1. The van der Waals surface area contributed by atoms with E-state index in [0.717, 1.165) is 69.6 Å². The highest BCUT2D eigenvalue weighted by Gasteiger charge is 2.41. The number of halogens is 1. The number of benzene rings is 2. The molecule has 0 aromatic heterocycles. The summed E-state index contributed by atoms with van der Waals surface area (Å²) in [6.07, 6.45) is 4.65. The SMILES string of the molecule is COc1ccc2c(c1)N1CCN(Cc3ccc(Cl)cc3)CC1C(C(=O)NCCN1CCCCC1)C2. The Labute approximate surface area is 214 Å². The molecular weight excluding hydrogens is 460 g/mol. The van der Waals surface area contributed by atoms with E-state index in [9.17, 15) is 4.79 Å². The van der Waals surface area contributed by atoms with Gasteiger partial charge in [-0.1, -0.05) is 36.2 Å². The second kappa shape index (κ2) is 11.2. The number of hydrogen-bond acceptors (Lipinski definition) is 5. The first-order valence-electron chi connectivity index (χ1n) is 13.0. The van der Waals surface area contributed by atoms with E-state index in [4.69, 9.17) is 16.3 Å². The maximum Gasteiger partial charge on any atom is 0.225 e. The summed E-state index contributed by atoms with van der Waals surface area (Å²) in [6.45, 7) is 7.58. The van der Waals surface area contributed by atoms with E-state index in [0.29, 0.717) is 0 Å². The zero-order chi connectivity index (χ0) is 24.2. The maximum atomic E-state index is 13.5. The summed E-state index contributed by atoms with van der Waals surface area (Å²) >= 11 is 6.09. The first kappa shape index (κ1) is 24.4. The van der Waals surface area contributed by atoms with Crippen LogP contribution in [-0.2, 0) is 17.8 Å². The molecule has 2 aromatic rings. The lowest BCUT2D eigenvalue weighted by Crippen LogP contribution is -2.61. The van der Waals surface area contributed by atoms with Gasteiger partial charge in [0, 0.05) is 56.0 Å². The standard InChI is InChI=1S/C28H37ClN4O2/c1-35-24-10-7-22-17-25(28(34)30-11-14-31-12-3-2-4-13-31)27-20-32(15-16-33(27)26(22)18-24)19-21-5-8-23(29)9-6-21/h5-10,18,25,27H,2-4,11-17,19-20H2,1H3,(H,30,34). The number of piperidine rings is 1. The van der Waals surface area contributed by atoms with Crippen LogP contribution in [0.3, 0.4) is 0 Å². The number of likely N-dealkylation sites (tertiary alicyclic amines) is 1. The van der Waals surface area contributed by atoms with E-state index in [1.807, 2.05) is 18.2 Å². The molecule has 2 fully saturated rings. The highest BCUT2D eigenvalue weighted by Crippen LogP contribution is 2.38. The summed E-state index contributed by atoms with van der Waals surface area (Å²) in [4.78, 5) is 20.9. The maximum absolute atomic E-state index is 13.5. The van der Waals surface area contributed by atoms with E-state index >= 15 is 0 Å². The number of hydrogen-bond donors (Lipinski definition) is 1. The summed E-state index contributed by atoms with van der Waals surface area (Å²) < 4.78 is 5.52.